The van der Waals surface area contributed by atoms with E-state index in [1.165, 1.54) is 12.3 Å². The highest BCUT2D eigenvalue weighted by Gasteiger charge is 2.10. The molecule has 0 saturated heterocycles. The van der Waals surface area contributed by atoms with Crippen molar-refractivity contribution in [2.75, 3.05) is 11.1 Å². The Morgan fingerprint density at radius 1 is 1.16 bits per heavy atom. The van der Waals surface area contributed by atoms with E-state index >= 15 is 0 Å². The Bertz CT molecular complexity index is 617. The Morgan fingerprint density at radius 2 is 1.79 bits per heavy atom. The number of carbonyl (C=O) groups is 1. The third-order valence-electron chi connectivity index (χ3n) is 2.69. The van der Waals surface area contributed by atoms with Crippen molar-refractivity contribution in [3.63, 3.8) is 0 Å². The number of hydrogen-bond acceptors (Lipinski definition) is 4. The van der Waals surface area contributed by atoms with Crippen LogP contribution >= 0.6 is 0 Å². The number of aromatic nitrogens is 1. The van der Waals surface area contributed by atoms with Gasteiger partial charge in [-0.1, -0.05) is 6.07 Å². The molecule has 0 aliphatic carbocycles. The molecule has 0 atom stereocenters. The lowest BCUT2D eigenvalue weighted by Gasteiger charge is -2.11. The largest absolute Gasteiger partial charge is 0.384 e. The average molecular weight is 256 g/mol. The maximum atomic E-state index is 11.4. The number of nitrogens with one attached hydrogen (secondary N) is 1. The van der Waals surface area contributed by atoms with Crippen LogP contribution in [0.3, 0.4) is 0 Å². The van der Waals surface area contributed by atoms with Crippen LogP contribution in [0.4, 0.5) is 17.2 Å². The molecule has 98 valence electrons. The first-order valence-electron chi connectivity index (χ1n) is 5.86. The Morgan fingerprint density at radius 3 is 2.37 bits per heavy atom. The molecular formula is C14H16N4O. The van der Waals surface area contributed by atoms with Gasteiger partial charge in [-0.2, -0.15) is 0 Å². The molecule has 19 heavy (non-hydrogen) atoms. The van der Waals surface area contributed by atoms with Crippen LogP contribution in [0.25, 0.3) is 0 Å². The predicted molar refractivity (Wildman–Crippen MR) is 76.4 cm³/mol. The topological polar surface area (TPSA) is 94.0 Å². The quantitative estimate of drug-likeness (QED) is 0.784. The molecule has 5 N–H and O–H groups in total. The minimum atomic E-state index is -0.541. The fourth-order valence-electron chi connectivity index (χ4n) is 1.98. The molecule has 1 amide bonds. The number of nitrogens with two attached hydrogens (primary N) is 2. The van der Waals surface area contributed by atoms with Crippen molar-refractivity contribution >= 4 is 23.1 Å². The zero-order valence-corrected chi connectivity index (χ0v) is 10.9. The molecule has 0 saturated carbocycles. The van der Waals surface area contributed by atoms with Gasteiger partial charge in [0.05, 0.1) is 17.4 Å². The minimum absolute atomic E-state index is 0.264. The Labute approximate surface area is 111 Å². The molecule has 0 unspecified atom stereocenters. The number of benzene rings is 1. The molecule has 0 fully saturated rings. The van der Waals surface area contributed by atoms with Crippen LogP contribution in [-0.2, 0) is 0 Å². The third kappa shape index (κ3) is 3.01. The number of rotatable bonds is 3. The van der Waals surface area contributed by atoms with Gasteiger partial charge in [-0.3, -0.25) is 4.79 Å². The number of anilines is 3. The molecule has 1 heterocycles. The van der Waals surface area contributed by atoms with Gasteiger partial charge in [0.1, 0.15) is 5.82 Å². The number of pyridine rings is 1. The molecule has 0 spiro atoms. The van der Waals surface area contributed by atoms with E-state index in [2.05, 4.69) is 16.4 Å². The normalized spacial score (nSPS) is 10.2. The molecule has 2 rings (SSSR count). The summed E-state index contributed by atoms with van der Waals surface area (Å²) in [6, 6.07) is 7.50. The Balaban J connectivity index is 2.40. The van der Waals surface area contributed by atoms with Crippen LogP contribution in [0.2, 0.25) is 0 Å². The van der Waals surface area contributed by atoms with Crippen molar-refractivity contribution in [2.24, 2.45) is 5.73 Å². The summed E-state index contributed by atoms with van der Waals surface area (Å²) in [6.45, 7) is 4.02. The SMILES string of the molecule is Cc1cc(C)cc(Nc2cnc(N)cc2C(N)=O)c1. The lowest BCUT2D eigenvalue weighted by Crippen LogP contribution is -2.14. The van der Waals surface area contributed by atoms with E-state index in [1.54, 1.807) is 0 Å². The van der Waals surface area contributed by atoms with Crippen molar-refractivity contribution in [2.45, 2.75) is 13.8 Å². The summed E-state index contributed by atoms with van der Waals surface area (Å²) >= 11 is 0. The van der Waals surface area contributed by atoms with E-state index in [-0.39, 0.29) is 5.82 Å². The third-order valence-corrected chi connectivity index (χ3v) is 2.69. The van der Waals surface area contributed by atoms with Gasteiger partial charge >= 0.3 is 0 Å². The smallest absolute Gasteiger partial charge is 0.251 e. The maximum Gasteiger partial charge on any atom is 0.251 e. The lowest BCUT2D eigenvalue weighted by atomic mass is 10.1. The molecule has 0 aliphatic heterocycles. The first-order chi connectivity index (χ1) is 8.95. The maximum absolute atomic E-state index is 11.4. The Kier molecular flexibility index (Phi) is 3.37. The highest BCUT2D eigenvalue weighted by molar-refractivity contribution is 5.99. The number of primary amides is 1. The van der Waals surface area contributed by atoms with Gasteiger partial charge in [-0.25, -0.2) is 4.98 Å². The van der Waals surface area contributed by atoms with Gasteiger partial charge in [0.15, 0.2) is 0 Å². The summed E-state index contributed by atoms with van der Waals surface area (Å²) in [4.78, 5) is 15.4. The van der Waals surface area contributed by atoms with Crippen LogP contribution < -0.4 is 16.8 Å². The van der Waals surface area contributed by atoms with Crippen molar-refractivity contribution in [1.82, 2.24) is 4.98 Å². The molecule has 1 aromatic heterocycles. The summed E-state index contributed by atoms with van der Waals surface area (Å²) < 4.78 is 0. The number of nitrogens with zero attached hydrogens (tertiary/aromatic N) is 1. The summed E-state index contributed by atoms with van der Waals surface area (Å²) in [5.74, 6) is -0.277. The van der Waals surface area contributed by atoms with Crippen molar-refractivity contribution in [1.29, 1.82) is 0 Å². The van der Waals surface area contributed by atoms with Crippen molar-refractivity contribution in [3.8, 4) is 0 Å². The zero-order valence-electron chi connectivity index (χ0n) is 10.9. The summed E-state index contributed by atoms with van der Waals surface area (Å²) in [6.07, 6.45) is 1.51. The predicted octanol–water partition coefficient (Wildman–Crippen LogP) is 2.12. The second-order valence-electron chi connectivity index (χ2n) is 4.52. The first kappa shape index (κ1) is 12.9. The number of carbonyl (C=O) groups excluding carboxylic acids is 1. The van der Waals surface area contributed by atoms with Crippen LogP contribution in [0, 0.1) is 13.8 Å². The van der Waals surface area contributed by atoms with Crippen molar-refractivity contribution in [3.05, 3.63) is 47.2 Å². The van der Waals surface area contributed by atoms with Crippen LogP contribution in [0.5, 0.6) is 0 Å². The molecule has 0 radical (unpaired) electrons. The van der Waals surface area contributed by atoms with Gasteiger partial charge in [-0.05, 0) is 43.2 Å². The molecule has 0 aliphatic rings. The highest BCUT2D eigenvalue weighted by Crippen LogP contribution is 2.23. The number of nitrogen functional groups attached to an aromatic ring is 1. The van der Waals surface area contributed by atoms with E-state index in [1.807, 2.05) is 26.0 Å². The van der Waals surface area contributed by atoms with E-state index in [4.69, 9.17) is 11.5 Å². The van der Waals surface area contributed by atoms with E-state index in [0.717, 1.165) is 16.8 Å². The van der Waals surface area contributed by atoms with Gasteiger partial charge in [-0.15, -0.1) is 0 Å². The summed E-state index contributed by atoms with van der Waals surface area (Å²) in [7, 11) is 0. The fourth-order valence-corrected chi connectivity index (χ4v) is 1.98. The van der Waals surface area contributed by atoms with Gasteiger partial charge in [0, 0.05) is 5.69 Å². The lowest BCUT2D eigenvalue weighted by molar-refractivity contribution is 0.100. The second kappa shape index (κ2) is 4.97. The molecule has 5 nitrogen and oxygen atoms in total. The van der Waals surface area contributed by atoms with Gasteiger partial charge < -0.3 is 16.8 Å². The average Bonchev–Trinajstić information content (AvgIpc) is 2.30. The highest BCUT2D eigenvalue weighted by atomic mass is 16.1. The van der Waals surface area contributed by atoms with E-state index in [9.17, 15) is 4.79 Å². The molecule has 2 aromatic rings. The minimum Gasteiger partial charge on any atom is -0.384 e. The standard InChI is InChI=1S/C14H16N4O/c1-8-3-9(2)5-10(4-8)18-12-7-17-13(15)6-11(12)14(16)19/h3-7,18H,1-2H3,(H2,15,17)(H2,16,19). The molecular weight excluding hydrogens is 240 g/mol. The number of amides is 1. The zero-order chi connectivity index (χ0) is 14.0. The van der Waals surface area contributed by atoms with Crippen LogP contribution in [0.1, 0.15) is 21.5 Å². The van der Waals surface area contributed by atoms with E-state index < -0.39 is 5.91 Å². The number of aryl methyl sites for hydroxylation is 2. The number of hydrogen-bond donors (Lipinski definition) is 3. The molecule has 1 aromatic carbocycles. The second-order valence-corrected chi connectivity index (χ2v) is 4.52. The summed E-state index contributed by atoms with van der Waals surface area (Å²) in [5, 5.41) is 3.14. The molecule has 5 heteroatoms. The van der Waals surface area contributed by atoms with Crippen LogP contribution in [0.15, 0.2) is 30.5 Å². The van der Waals surface area contributed by atoms with Crippen LogP contribution in [-0.4, -0.2) is 10.9 Å². The Hall–Kier alpha value is -2.56. The van der Waals surface area contributed by atoms with Gasteiger partial charge in [0.25, 0.3) is 5.91 Å². The summed E-state index contributed by atoms with van der Waals surface area (Å²) in [5.41, 5.74) is 14.9. The van der Waals surface area contributed by atoms with Crippen molar-refractivity contribution < 1.29 is 4.79 Å². The first-order valence-corrected chi connectivity index (χ1v) is 5.86. The fraction of sp³-hybridized carbons (Fsp3) is 0.143. The van der Waals surface area contributed by atoms with Gasteiger partial charge in [0.2, 0.25) is 0 Å². The molecule has 0 bridgehead atoms. The van der Waals surface area contributed by atoms with E-state index in [0.29, 0.717) is 11.3 Å². The monoisotopic (exact) mass is 256 g/mol.